The fourth-order valence-corrected chi connectivity index (χ4v) is 4.57. The maximum Gasteiger partial charge on any atom is 0.274 e. The number of nitrogens with one attached hydrogen (secondary N) is 1. The molecule has 170 valence electrons. The maximum absolute atomic E-state index is 13.2. The standard InChI is InChI=1S/C23H26N8O2/c1-28-5-7-30(8-6-28)23(32)20-15-31-14-19(16-3-2-4-18-17(16)13-24-27-18)25-21(22(31)26-20)29-9-11-33-12-10-29/h2-4,13-15H,5-12H2,1H3,(H,24,27). The molecule has 1 N–H and O–H groups in total. The molecule has 1 aromatic carbocycles. The van der Waals surface area contributed by atoms with Gasteiger partial charge in [0.1, 0.15) is 5.69 Å². The number of hydrogen-bond donors (Lipinski definition) is 1. The van der Waals surface area contributed by atoms with E-state index in [1.54, 1.807) is 0 Å². The molecule has 2 aliphatic heterocycles. The predicted octanol–water partition coefficient (Wildman–Crippen LogP) is 1.50. The van der Waals surface area contributed by atoms with Crippen molar-refractivity contribution in [2.24, 2.45) is 0 Å². The zero-order valence-electron chi connectivity index (χ0n) is 18.6. The molecule has 5 heterocycles. The number of amides is 1. The first-order valence-corrected chi connectivity index (χ1v) is 11.3. The number of carbonyl (C=O) groups excluding carboxylic acids is 1. The Morgan fingerprint density at radius 3 is 2.67 bits per heavy atom. The smallest absolute Gasteiger partial charge is 0.274 e. The van der Waals surface area contributed by atoms with Gasteiger partial charge in [0.15, 0.2) is 11.5 Å². The fraction of sp³-hybridized carbons (Fsp3) is 0.391. The molecule has 2 aliphatic rings. The topological polar surface area (TPSA) is 94.9 Å². The molecule has 10 heteroatoms. The summed E-state index contributed by atoms with van der Waals surface area (Å²) in [5, 5.41) is 8.23. The lowest BCUT2D eigenvalue weighted by molar-refractivity contribution is 0.0659. The zero-order valence-corrected chi connectivity index (χ0v) is 18.6. The van der Waals surface area contributed by atoms with Crippen LogP contribution in [0, 0.1) is 0 Å². The van der Waals surface area contributed by atoms with Gasteiger partial charge < -0.3 is 23.8 Å². The fourth-order valence-electron chi connectivity index (χ4n) is 4.57. The van der Waals surface area contributed by atoms with Crippen molar-refractivity contribution in [3.05, 3.63) is 42.5 Å². The number of anilines is 1. The average molecular weight is 447 g/mol. The molecule has 0 atom stereocenters. The van der Waals surface area contributed by atoms with Crippen LogP contribution in [0.5, 0.6) is 0 Å². The Labute approximate surface area is 190 Å². The Hall–Kier alpha value is -3.50. The van der Waals surface area contributed by atoms with Gasteiger partial charge in [-0.2, -0.15) is 5.10 Å². The van der Waals surface area contributed by atoms with E-state index in [0.717, 1.165) is 54.2 Å². The molecule has 6 rings (SSSR count). The van der Waals surface area contributed by atoms with Gasteiger partial charge in [-0.15, -0.1) is 0 Å². The summed E-state index contributed by atoms with van der Waals surface area (Å²) in [5.41, 5.74) is 3.90. The van der Waals surface area contributed by atoms with Gasteiger partial charge in [-0.05, 0) is 13.1 Å². The summed E-state index contributed by atoms with van der Waals surface area (Å²) in [6.07, 6.45) is 5.61. The van der Waals surface area contributed by atoms with E-state index in [2.05, 4.69) is 27.0 Å². The lowest BCUT2D eigenvalue weighted by Gasteiger charge is -2.31. The number of rotatable bonds is 3. The molecule has 0 bridgehead atoms. The van der Waals surface area contributed by atoms with Crippen molar-refractivity contribution in [3.8, 4) is 11.3 Å². The second-order valence-corrected chi connectivity index (χ2v) is 8.64. The number of fused-ring (bicyclic) bond motifs is 2. The zero-order chi connectivity index (χ0) is 22.4. The molecule has 3 aromatic heterocycles. The molecule has 0 radical (unpaired) electrons. The molecule has 0 saturated carbocycles. The molecule has 10 nitrogen and oxygen atoms in total. The van der Waals surface area contributed by atoms with E-state index in [-0.39, 0.29) is 5.91 Å². The van der Waals surface area contributed by atoms with Gasteiger partial charge in [-0.1, -0.05) is 12.1 Å². The number of aromatic amines is 1. The number of ether oxygens (including phenoxy) is 1. The van der Waals surface area contributed by atoms with E-state index in [1.807, 2.05) is 46.1 Å². The largest absolute Gasteiger partial charge is 0.378 e. The van der Waals surface area contributed by atoms with Crippen LogP contribution in [0.3, 0.4) is 0 Å². The minimum Gasteiger partial charge on any atom is -0.378 e. The van der Waals surface area contributed by atoms with Crippen LogP contribution in [0.1, 0.15) is 10.5 Å². The van der Waals surface area contributed by atoms with Crippen molar-refractivity contribution < 1.29 is 9.53 Å². The van der Waals surface area contributed by atoms with Crippen LogP contribution in [0.2, 0.25) is 0 Å². The first kappa shape index (κ1) is 20.1. The highest BCUT2D eigenvalue weighted by Crippen LogP contribution is 2.30. The van der Waals surface area contributed by atoms with Crippen LogP contribution in [0.15, 0.2) is 36.8 Å². The molecule has 2 fully saturated rings. The summed E-state index contributed by atoms with van der Waals surface area (Å²) in [6, 6.07) is 6.03. The molecular formula is C23H26N8O2. The van der Waals surface area contributed by atoms with E-state index in [1.165, 1.54) is 0 Å². The number of imidazole rings is 1. The number of piperazine rings is 1. The van der Waals surface area contributed by atoms with E-state index in [0.29, 0.717) is 37.6 Å². The van der Waals surface area contributed by atoms with Gasteiger partial charge in [-0.25, -0.2) is 9.97 Å². The van der Waals surface area contributed by atoms with Gasteiger partial charge >= 0.3 is 0 Å². The maximum atomic E-state index is 13.2. The van der Waals surface area contributed by atoms with E-state index < -0.39 is 0 Å². The van der Waals surface area contributed by atoms with E-state index in [9.17, 15) is 4.79 Å². The Kier molecular flexibility index (Phi) is 4.96. The number of morpholine rings is 1. The third kappa shape index (κ3) is 3.61. The summed E-state index contributed by atoms with van der Waals surface area (Å²) in [7, 11) is 2.08. The average Bonchev–Trinajstić information content (AvgIpc) is 3.51. The quantitative estimate of drug-likeness (QED) is 0.510. The monoisotopic (exact) mass is 446 g/mol. The SMILES string of the molecule is CN1CCN(C(=O)c2cn3cc(-c4cccc5[nH]ncc45)nc(N4CCOCC4)c3n2)CC1. The third-order valence-corrected chi connectivity index (χ3v) is 6.50. The molecule has 4 aromatic rings. The molecule has 0 spiro atoms. The molecular weight excluding hydrogens is 420 g/mol. The molecule has 0 aliphatic carbocycles. The number of aromatic nitrogens is 5. The van der Waals surface area contributed by atoms with Crippen molar-refractivity contribution in [1.82, 2.24) is 34.4 Å². The molecule has 33 heavy (non-hydrogen) atoms. The lowest BCUT2D eigenvalue weighted by Crippen LogP contribution is -2.47. The van der Waals surface area contributed by atoms with Crippen LogP contribution in [-0.4, -0.2) is 99.8 Å². The van der Waals surface area contributed by atoms with Gasteiger partial charge in [-0.3, -0.25) is 9.89 Å². The van der Waals surface area contributed by atoms with Crippen molar-refractivity contribution in [2.75, 3.05) is 64.4 Å². The Balaban J connectivity index is 1.46. The van der Waals surface area contributed by atoms with Crippen LogP contribution < -0.4 is 4.90 Å². The molecule has 0 unspecified atom stereocenters. The van der Waals surface area contributed by atoms with E-state index >= 15 is 0 Å². The number of H-pyrrole nitrogens is 1. The lowest BCUT2D eigenvalue weighted by atomic mass is 10.1. The summed E-state index contributed by atoms with van der Waals surface area (Å²) in [6.45, 7) is 5.92. The minimum absolute atomic E-state index is 0.0294. The van der Waals surface area contributed by atoms with Crippen molar-refractivity contribution in [1.29, 1.82) is 0 Å². The highest BCUT2D eigenvalue weighted by Gasteiger charge is 2.25. The summed E-state index contributed by atoms with van der Waals surface area (Å²) in [4.78, 5) is 29.3. The molecule has 2 saturated heterocycles. The van der Waals surface area contributed by atoms with Crippen LogP contribution in [-0.2, 0) is 4.74 Å². The third-order valence-electron chi connectivity index (χ3n) is 6.50. The molecule has 1 amide bonds. The first-order valence-electron chi connectivity index (χ1n) is 11.3. The normalized spacial score (nSPS) is 17.8. The summed E-state index contributed by atoms with van der Waals surface area (Å²) < 4.78 is 7.49. The van der Waals surface area contributed by atoms with Crippen molar-refractivity contribution in [2.45, 2.75) is 0 Å². The minimum atomic E-state index is -0.0294. The summed E-state index contributed by atoms with van der Waals surface area (Å²) >= 11 is 0. The number of benzene rings is 1. The second kappa shape index (κ2) is 8.13. The van der Waals surface area contributed by atoms with Gasteiger partial charge in [0, 0.05) is 62.6 Å². The van der Waals surface area contributed by atoms with Crippen molar-refractivity contribution in [3.63, 3.8) is 0 Å². The first-order chi connectivity index (χ1) is 16.2. The predicted molar refractivity (Wildman–Crippen MR) is 125 cm³/mol. The Bertz CT molecular complexity index is 1310. The van der Waals surface area contributed by atoms with Crippen LogP contribution >= 0.6 is 0 Å². The summed E-state index contributed by atoms with van der Waals surface area (Å²) in [5.74, 6) is 0.743. The number of nitrogens with zero attached hydrogens (tertiary/aromatic N) is 7. The second-order valence-electron chi connectivity index (χ2n) is 8.64. The van der Waals surface area contributed by atoms with Gasteiger partial charge in [0.2, 0.25) is 0 Å². The number of hydrogen-bond acceptors (Lipinski definition) is 7. The van der Waals surface area contributed by atoms with Gasteiger partial charge in [0.05, 0.1) is 30.6 Å². The van der Waals surface area contributed by atoms with E-state index in [4.69, 9.17) is 14.7 Å². The van der Waals surface area contributed by atoms with Gasteiger partial charge in [0.25, 0.3) is 5.91 Å². The van der Waals surface area contributed by atoms with Crippen molar-refractivity contribution >= 4 is 28.3 Å². The number of carbonyl (C=O) groups is 1. The van der Waals surface area contributed by atoms with Crippen LogP contribution in [0.25, 0.3) is 27.8 Å². The Morgan fingerprint density at radius 1 is 1.03 bits per heavy atom. The highest BCUT2D eigenvalue weighted by molar-refractivity contribution is 5.95. The Morgan fingerprint density at radius 2 is 1.85 bits per heavy atom. The van der Waals surface area contributed by atoms with Crippen LogP contribution in [0.4, 0.5) is 5.82 Å². The number of likely N-dealkylation sites (N-methyl/N-ethyl adjacent to an activating group) is 1. The highest BCUT2D eigenvalue weighted by atomic mass is 16.5.